The molecule has 0 bridgehead atoms. The van der Waals surface area contributed by atoms with E-state index in [1.807, 2.05) is 0 Å². The molecule has 0 radical (unpaired) electrons. The van der Waals surface area contributed by atoms with Crippen molar-refractivity contribution in [3.63, 3.8) is 0 Å². The van der Waals surface area contributed by atoms with Crippen LogP contribution in [0.15, 0.2) is 0 Å². The summed E-state index contributed by atoms with van der Waals surface area (Å²) in [6, 6.07) is 0. The zero-order chi connectivity index (χ0) is 6.28. The van der Waals surface area contributed by atoms with Gasteiger partial charge in [-0.15, -0.1) is 0 Å². The van der Waals surface area contributed by atoms with Gasteiger partial charge in [0.1, 0.15) is 12.1 Å². The van der Waals surface area contributed by atoms with E-state index in [4.69, 9.17) is 4.79 Å². The summed E-state index contributed by atoms with van der Waals surface area (Å²) in [6.45, 7) is 4.50. The molecule has 0 aromatic carbocycles. The predicted molar refractivity (Wildman–Crippen MR) is 41.6 cm³/mol. The van der Waals surface area contributed by atoms with Crippen molar-refractivity contribution in [2.45, 2.75) is 35.6 Å². The van der Waals surface area contributed by atoms with E-state index in [9.17, 15) is 4.79 Å². The molecule has 9 heavy (non-hydrogen) atoms. The monoisotopic (exact) mass is 134 g/mol. The molecular weight excluding hydrogens is 116 g/mol. The maximum absolute atomic E-state index is 9.44. The molecule has 0 aliphatic rings. The van der Waals surface area contributed by atoms with Crippen molar-refractivity contribution in [3.05, 3.63) is 0 Å². The number of carbonyl (C=O) groups excluding carboxylic acids is 2. The van der Waals surface area contributed by atoms with E-state index < -0.39 is 0 Å². The quantitative estimate of drug-likeness (QED) is 0.475. The summed E-state index contributed by atoms with van der Waals surface area (Å²) in [5.41, 5.74) is 0. The van der Waals surface area contributed by atoms with E-state index >= 15 is 0 Å². The molecule has 0 rings (SSSR count). The molecule has 0 spiro atoms. The molecule has 0 aliphatic heterocycles. The highest BCUT2D eigenvalue weighted by atomic mass is 16.1. The lowest BCUT2D eigenvalue weighted by atomic mass is 10.6. The molecule has 0 saturated heterocycles. The van der Waals surface area contributed by atoms with Gasteiger partial charge < -0.3 is 9.59 Å². The van der Waals surface area contributed by atoms with Crippen molar-refractivity contribution in [1.82, 2.24) is 0 Å². The van der Waals surface area contributed by atoms with Gasteiger partial charge >= 0.3 is 0 Å². The summed E-state index contributed by atoms with van der Waals surface area (Å²) in [6.07, 6.45) is 0.750. The molecule has 0 atom stereocenters. The first-order valence-electron chi connectivity index (χ1n) is 2.02. The van der Waals surface area contributed by atoms with Crippen molar-refractivity contribution in [1.29, 1.82) is 0 Å². The molecule has 58 valence electrons. The second-order valence-corrected chi connectivity index (χ2v) is 1.14. The molecule has 0 heterocycles. The van der Waals surface area contributed by atoms with Crippen LogP contribution >= 0.6 is 0 Å². The number of hydrogen-bond donors (Lipinski definition) is 0. The minimum Gasteiger partial charge on any atom is -0.304 e. The third-order valence-electron chi connectivity index (χ3n) is 0. The Morgan fingerprint density at radius 3 is 1.22 bits per heavy atom. The summed E-state index contributed by atoms with van der Waals surface area (Å²) >= 11 is 0. The topological polar surface area (TPSA) is 34.1 Å². The lowest BCUT2D eigenvalue weighted by Crippen LogP contribution is -1.69. The van der Waals surface area contributed by atoms with Crippen molar-refractivity contribution < 1.29 is 9.59 Å². The van der Waals surface area contributed by atoms with Crippen LogP contribution in [0.2, 0.25) is 0 Å². The molecule has 0 N–H and O–H groups in total. The summed E-state index contributed by atoms with van der Waals surface area (Å²) < 4.78 is 0. The SMILES string of the molecule is C.C.CC(C)=O.CC=O. The predicted octanol–water partition coefficient (Wildman–Crippen LogP) is 2.07. The number of Topliss-reactive ketones (excluding diaryl/α,β-unsaturated/α-hetero) is 1. The van der Waals surface area contributed by atoms with Crippen LogP contribution < -0.4 is 0 Å². The van der Waals surface area contributed by atoms with E-state index in [0.29, 0.717) is 0 Å². The Hall–Kier alpha value is -0.660. The van der Waals surface area contributed by atoms with Gasteiger partial charge in [-0.05, 0) is 20.8 Å². The summed E-state index contributed by atoms with van der Waals surface area (Å²) in [5.74, 6) is 0.167. The van der Waals surface area contributed by atoms with E-state index in [0.717, 1.165) is 6.29 Å². The Morgan fingerprint density at radius 2 is 1.22 bits per heavy atom. The molecule has 0 aromatic rings. The fourth-order valence-corrected chi connectivity index (χ4v) is 0. The Morgan fingerprint density at radius 1 is 1.22 bits per heavy atom. The minimum absolute atomic E-state index is 0. The maximum atomic E-state index is 9.44. The van der Waals surface area contributed by atoms with Gasteiger partial charge in [-0.3, -0.25) is 0 Å². The molecule has 0 unspecified atom stereocenters. The van der Waals surface area contributed by atoms with Crippen LogP contribution in [0.5, 0.6) is 0 Å². The lowest BCUT2D eigenvalue weighted by Gasteiger charge is -1.56. The van der Waals surface area contributed by atoms with Crippen LogP contribution in [0.25, 0.3) is 0 Å². The summed E-state index contributed by atoms with van der Waals surface area (Å²) in [7, 11) is 0. The fraction of sp³-hybridized carbons (Fsp3) is 0.714. The van der Waals surface area contributed by atoms with Crippen molar-refractivity contribution in [3.8, 4) is 0 Å². The average molecular weight is 134 g/mol. The highest BCUT2D eigenvalue weighted by Gasteiger charge is 1.62. The number of aldehydes is 1. The van der Waals surface area contributed by atoms with E-state index in [-0.39, 0.29) is 20.6 Å². The highest BCUT2D eigenvalue weighted by Crippen LogP contribution is 1.50. The normalized spacial score (nSPS) is 4.33. The van der Waals surface area contributed by atoms with E-state index in [1.54, 1.807) is 0 Å². The first kappa shape index (κ1) is 23.9. The lowest BCUT2D eigenvalue weighted by molar-refractivity contribution is -0.115. The Labute approximate surface area is 58.3 Å². The third kappa shape index (κ3) is 480. The van der Waals surface area contributed by atoms with Gasteiger partial charge in [0.2, 0.25) is 0 Å². The molecule has 0 saturated carbocycles. The molecule has 0 aromatic heterocycles. The van der Waals surface area contributed by atoms with Crippen LogP contribution in [-0.4, -0.2) is 12.1 Å². The van der Waals surface area contributed by atoms with Crippen LogP contribution in [0.1, 0.15) is 35.6 Å². The minimum atomic E-state index is 0. The van der Waals surface area contributed by atoms with Gasteiger partial charge in [-0.1, -0.05) is 14.9 Å². The van der Waals surface area contributed by atoms with Crippen LogP contribution in [-0.2, 0) is 9.59 Å². The fourth-order valence-electron chi connectivity index (χ4n) is 0. The van der Waals surface area contributed by atoms with Crippen molar-refractivity contribution >= 4 is 12.1 Å². The molecule has 2 heteroatoms. The van der Waals surface area contributed by atoms with Gasteiger partial charge in [0.05, 0.1) is 0 Å². The highest BCUT2D eigenvalue weighted by molar-refractivity contribution is 5.72. The van der Waals surface area contributed by atoms with Gasteiger partial charge in [-0.2, -0.15) is 0 Å². The number of rotatable bonds is 0. The summed E-state index contributed by atoms with van der Waals surface area (Å²) in [4.78, 5) is 18.2. The standard InChI is InChI=1S/C3H6O.C2H4O.2CH4/c1-3(2)4;1-2-3;;/h1-2H3;2H,1H3;2*1H4. The number of hydrogen-bond acceptors (Lipinski definition) is 2. The van der Waals surface area contributed by atoms with Gasteiger partial charge in [0, 0.05) is 0 Å². The summed E-state index contributed by atoms with van der Waals surface area (Å²) in [5, 5.41) is 0. The zero-order valence-electron chi connectivity index (χ0n) is 4.89. The smallest absolute Gasteiger partial charge is 0.126 e. The second-order valence-electron chi connectivity index (χ2n) is 1.14. The molecule has 0 aliphatic carbocycles. The van der Waals surface area contributed by atoms with E-state index in [1.165, 1.54) is 20.8 Å². The maximum Gasteiger partial charge on any atom is 0.126 e. The van der Waals surface area contributed by atoms with Gasteiger partial charge in [0.25, 0.3) is 0 Å². The van der Waals surface area contributed by atoms with Crippen molar-refractivity contribution in [2.75, 3.05) is 0 Å². The molecule has 0 fully saturated rings. The largest absolute Gasteiger partial charge is 0.304 e. The third-order valence-corrected chi connectivity index (χ3v) is 0. The zero-order valence-corrected chi connectivity index (χ0v) is 4.89. The molecular formula is C7H18O2. The van der Waals surface area contributed by atoms with Crippen LogP contribution in [0, 0.1) is 0 Å². The molecule has 0 amide bonds. The Kier molecular flexibility index (Phi) is 70.1. The second kappa shape index (κ2) is 26.4. The van der Waals surface area contributed by atoms with Crippen LogP contribution in [0.4, 0.5) is 0 Å². The Balaban J connectivity index is -0.0000000233. The van der Waals surface area contributed by atoms with E-state index in [2.05, 4.69) is 0 Å². The van der Waals surface area contributed by atoms with Crippen LogP contribution in [0.3, 0.4) is 0 Å². The average Bonchev–Trinajstić information content (AvgIpc) is 1.33. The number of carbonyl (C=O) groups is 2. The first-order chi connectivity index (χ1) is 3.15. The number of ketones is 1. The van der Waals surface area contributed by atoms with Gasteiger partial charge in [0.15, 0.2) is 0 Å². The molecule has 2 nitrogen and oxygen atoms in total. The first-order valence-corrected chi connectivity index (χ1v) is 2.02. The van der Waals surface area contributed by atoms with Gasteiger partial charge in [-0.25, -0.2) is 0 Å². The van der Waals surface area contributed by atoms with Crippen molar-refractivity contribution in [2.24, 2.45) is 0 Å². The Bertz CT molecular complexity index is 53.9.